The Bertz CT molecular complexity index is 378. The van der Waals surface area contributed by atoms with Crippen molar-refractivity contribution < 1.29 is 0 Å². The molecule has 0 fully saturated rings. The van der Waals surface area contributed by atoms with Gasteiger partial charge < -0.3 is 0 Å². The van der Waals surface area contributed by atoms with Crippen LogP contribution < -0.4 is 0 Å². The van der Waals surface area contributed by atoms with Gasteiger partial charge >= 0.3 is 0 Å². The lowest BCUT2D eigenvalue weighted by Crippen LogP contribution is -2.00. The number of hydrogen-bond acceptors (Lipinski definition) is 0. The van der Waals surface area contributed by atoms with Crippen molar-refractivity contribution in [3.63, 3.8) is 0 Å². The standard InChI is InChI=1S/C22H38/c1-4-7-9-11-12-13-16-21-18-15-17-20(6-3)22(21)19-14-10-8-5-2/h15,17-18H,4-14,16,19H2,1-3H3. The second-order valence-electron chi connectivity index (χ2n) is 6.74. The number of rotatable bonds is 13. The smallest absolute Gasteiger partial charge is 0.0273 e. The molecule has 0 saturated carbocycles. The lowest BCUT2D eigenvalue weighted by atomic mass is 9.91. The topological polar surface area (TPSA) is 0 Å². The molecule has 0 aliphatic heterocycles. The van der Waals surface area contributed by atoms with E-state index in [0.29, 0.717) is 0 Å². The normalized spacial score (nSPS) is 11.0. The zero-order valence-electron chi connectivity index (χ0n) is 15.4. The molecule has 1 aromatic rings. The summed E-state index contributed by atoms with van der Waals surface area (Å²) >= 11 is 0. The summed E-state index contributed by atoms with van der Waals surface area (Å²) in [6.45, 7) is 6.89. The van der Waals surface area contributed by atoms with Gasteiger partial charge in [-0.25, -0.2) is 0 Å². The van der Waals surface area contributed by atoms with Crippen LogP contribution in [0.4, 0.5) is 0 Å². The molecule has 0 atom stereocenters. The molecular weight excluding hydrogens is 264 g/mol. The molecule has 0 radical (unpaired) electrons. The third-order valence-corrected chi connectivity index (χ3v) is 4.83. The van der Waals surface area contributed by atoms with E-state index in [9.17, 15) is 0 Å². The molecule has 0 amide bonds. The number of benzene rings is 1. The van der Waals surface area contributed by atoms with E-state index < -0.39 is 0 Å². The van der Waals surface area contributed by atoms with Crippen LogP contribution in [-0.4, -0.2) is 0 Å². The fourth-order valence-corrected chi connectivity index (χ4v) is 3.40. The minimum absolute atomic E-state index is 1.19. The largest absolute Gasteiger partial charge is 0.0654 e. The van der Waals surface area contributed by atoms with Crippen LogP contribution in [0.5, 0.6) is 0 Å². The van der Waals surface area contributed by atoms with Gasteiger partial charge in [0.1, 0.15) is 0 Å². The van der Waals surface area contributed by atoms with Crippen LogP contribution in [0.2, 0.25) is 0 Å². The van der Waals surface area contributed by atoms with E-state index in [1.807, 2.05) is 0 Å². The highest BCUT2D eigenvalue weighted by Gasteiger charge is 2.07. The zero-order valence-corrected chi connectivity index (χ0v) is 15.4. The fourth-order valence-electron chi connectivity index (χ4n) is 3.40. The molecule has 22 heavy (non-hydrogen) atoms. The molecule has 0 aromatic heterocycles. The first-order chi connectivity index (χ1) is 10.8. The molecule has 0 spiro atoms. The summed E-state index contributed by atoms with van der Waals surface area (Å²) in [5, 5.41) is 0. The van der Waals surface area contributed by atoms with E-state index >= 15 is 0 Å². The first-order valence-corrected chi connectivity index (χ1v) is 9.93. The van der Waals surface area contributed by atoms with Crippen molar-refractivity contribution in [3.8, 4) is 0 Å². The Balaban J connectivity index is 2.49. The molecule has 0 unspecified atom stereocenters. The van der Waals surface area contributed by atoms with Crippen LogP contribution in [0.3, 0.4) is 0 Å². The van der Waals surface area contributed by atoms with Gasteiger partial charge in [0.15, 0.2) is 0 Å². The number of unbranched alkanes of at least 4 members (excludes halogenated alkanes) is 8. The Morgan fingerprint density at radius 3 is 1.82 bits per heavy atom. The summed E-state index contributed by atoms with van der Waals surface area (Å²) in [5.41, 5.74) is 4.93. The van der Waals surface area contributed by atoms with E-state index in [-0.39, 0.29) is 0 Å². The predicted molar refractivity (Wildman–Crippen MR) is 101 cm³/mol. The van der Waals surface area contributed by atoms with Crippen molar-refractivity contribution >= 4 is 0 Å². The van der Waals surface area contributed by atoms with Crippen LogP contribution in [0.25, 0.3) is 0 Å². The third-order valence-electron chi connectivity index (χ3n) is 4.83. The Labute approximate surface area is 139 Å². The minimum Gasteiger partial charge on any atom is -0.0654 e. The van der Waals surface area contributed by atoms with E-state index in [4.69, 9.17) is 0 Å². The van der Waals surface area contributed by atoms with Gasteiger partial charge in [-0.2, -0.15) is 0 Å². The van der Waals surface area contributed by atoms with Crippen molar-refractivity contribution in [3.05, 3.63) is 34.9 Å². The van der Waals surface area contributed by atoms with E-state index in [2.05, 4.69) is 39.0 Å². The summed E-state index contributed by atoms with van der Waals surface area (Å²) in [7, 11) is 0. The Kier molecular flexibility index (Phi) is 11.2. The Morgan fingerprint density at radius 2 is 1.14 bits per heavy atom. The molecule has 0 heterocycles. The summed E-state index contributed by atoms with van der Waals surface area (Å²) in [6.07, 6.45) is 17.7. The average molecular weight is 303 g/mol. The first-order valence-electron chi connectivity index (χ1n) is 9.93. The van der Waals surface area contributed by atoms with Crippen molar-refractivity contribution in [1.82, 2.24) is 0 Å². The second-order valence-corrected chi connectivity index (χ2v) is 6.74. The monoisotopic (exact) mass is 302 g/mol. The van der Waals surface area contributed by atoms with Gasteiger partial charge in [0.2, 0.25) is 0 Å². The average Bonchev–Trinajstić information content (AvgIpc) is 2.55. The van der Waals surface area contributed by atoms with Gasteiger partial charge in [0.25, 0.3) is 0 Å². The van der Waals surface area contributed by atoms with Crippen molar-refractivity contribution in [2.75, 3.05) is 0 Å². The summed E-state index contributed by atoms with van der Waals surface area (Å²) in [5.74, 6) is 0. The van der Waals surface area contributed by atoms with E-state index in [0.717, 1.165) is 0 Å². The molecule has 126 valence electrons. The van der Waals surface area contributed by atoms with Crippen LogP contribution in [0.1, 0.15) is 102 Å². The molecule has 0 heteroatoms. The van der Waals surface area contributed by atoms with Gasteiger partial charge in [0, 0.05) is 0 Å². The number of aryl methyl sites for hydroxylation is 2. The summed E-state index contributed by atoms with van der Waals surface area (Å²) in [6, 6.07) is 7.01. The lowest BCUT2D eigenvalue weighted by Gasteiger charge is -2.14. The minimum atomic E-state index is 1.19. The maximum atomic E-state index is 2.39. The maximum absolute atomic E-state index is 2.39. The van der Waals surface area contributed by atoms with Crippen molar-refractivity contribution in [2.45, 2.75) is 104 Å². The molecule has 1 aromatic carbocycles. The Morgan fingerprint density at radius 1 is 0.591 bits per heavy atom. The molecule has 0 N–H and O–H groups in total. The molecule has 0 saturated heterocycles. The van der Waals surface area contributed by atoms with Crippen LogP contribution >= 0.6 is 0 Å². The van der Waals surface area contributed by atoms with E-state index in [1.165, 1.54) is 83.5 Å². The predicted octanol–water partition coefficient (Wildman–Crippen LogP) is 7.27. The molecule has 0 aliphatic rings. The van der Waals surface area contributed by atoms with Crippen LogP contribution in [0.15, 0.2) is 18.2 Å². The number of hydrogen-bond donors (Lipinski definition) is 0. The summed E-state index contributed by atoms with van der Waals surface area (Å²) in [4.78, 5) is 0. The molecule has 0 bridgehead atoms. The van der Waals surface area contributed by atoms with Gasteiger partial charge in [-0.15, -0.1) is 0 Å². The van der Waals surface area contributed by atoms with Gasteiger partial charge in [-0.1, -0.05) is 90.3 Å². The molecule has 0 aliphatic carbocycles. The lowest BCUT2D eigenvalue weighted by molar-refractivity contribution is 0.605. The van der Waals surface area contributed by atoms with Gasteiger partial charge in [-0.3, -0.25) is 0 Å². The van der Waals surface area contributed by atoms with Gasteiger partial charge in [-0.05, 0) is 48.8 Å². The highest BCUT2D eigenvalue weighted by molar-refractivity contribution is 5.35. The van der Waals surface area contributed by atoms with Gasteiger partial charge in [0.05, 0.1) is 0 Å². The van der Waals surface area contributed by atoms with Crippen LogP contribution in [0, 0.1) is 0 Å². The second kappa shape index (κ2) is 12.7. The van der Waals surface area contributed by atoms with Crippen LogP contribution in [-0.2, 0) is 19.3 Å². The first kappa shape index (κ1) is 19.3. The fraction of sp³-hybridized carbons (Fsp3) is 0.727. The Hall–Kier alpha value is -0.780. The highest BCUT2D eigenvalue weighted by Crippen LogP contribution is 2.21. The SMILES string of the molecule is CCCCCCCCc1cccc(CC)c1CCCCCC. The highest BCUT2D eigenvalue weighted by atomic mass is 14.1. The molecule has 0 nitrogen and oxygen atoms in total. The van der Waals surface area contributed by atoms with Crippen molar-refractivity contribution in [1.29, 1.82) is 0 Å². The quantitative estimate of drug-likeness (QED) is 0.336. The third kappa shape index (κ3) is 7.47. The van der Waals surface area contributed by atoms with E-state index in [1.54, 1.807) is 16.7 Å². The zero-order chi connectivity index (χ0) is 16.0. The molecule has 1 rings (SSSR count). The summed E-state index contributed by atoms with van der Waals surface area (Å²) < 4.78 is 0. The maximum Gasteiger partial charge on any atom is -0.0273 e. The van der Waals surface area contributed by atoms with Crippen molar-refractivity contribution in [2.24, 2.45) is 0 Å². The molecular formula is C22H38.